The Hall–Kier alpha value is -0.120. The molecular formula is C7H7F3S. The molecule has 1 unspecified atom stereocenters. The van der Waals surface area contributed by atoms with Crippen LogP contribution in [-0.4, -0.2) is 10.5 Å². The number of alkyl halides is 2. The Balaban J connectivity index is 2.35. The third-order valence-electron chi connectivity index (χ3n) is 2.13. The first kappa shape index (κ1) is 7.53. The van der Waals surface area contributed by atoms with E-state index < -0.39 is 11.1 Å². The lowest BCUT2D eigenvalue weighted by molar-refractivity contribution is 0.121. The van der Waals surface area contributed by atoms with E-state index in [1.807, 2.05) is 0 Å². The molecular weight excluding hydrogens is 173 g/mol. The quantitative estimate of drug-likeness (QED) is 0.552. The zero-order valence-corrected chi connectivity index (χ0v) is 6.56. The van der Waals surface area contributed by atoms with Gasteiger partial charge in [0, 0.05) is 5.25 Å². The molecule has 4 heteroatoms. The fourth-order valence-corrected chi connectivity index (χ4v) is 2.85. The largest absolute Gasteiger partial charge is 0.345 e. The van der Waals surface area contributed by atoms with Crippen molar-refractivity contribution in [2.75, 3.05) is 0 Å². The van der Waals surface area contributed by atoms with E-state index in [1.54, 1.807) is 0 Å². The Morgan fingerprint density at radius 3 is 2.82 bits per heavy atom. The normalized spacial score (nSPS) is 34.6. The predicted molar refractivity (Wildman–Crippen MR) is 38.3 cm³/mol. The lowest BCUT2D eigenvalue weighted by Gasteiger charge is -2.07. The molecule has 1 aliphatic heterocycles. The second-order valence-corrected chi connectivity index (χ2v) is 4.17. The summed E-state index contributed by atoms with van der Waals surface area (Å²) < 4.78 is 37.9. The van der Waals surface area contributed by atoms with E-state index in [2.05, 4.69) is 0 Å². The predicted octanol–water partition coefficient (Wildman–Crippen LogP) is 3.10. The molecule has 0 radical (unpaired) electrons. The molecule has 0 aromatic carbocycles. The van der Waals surface area contributed by atoms with Crippen LogP contribution in [0.5, 0.6) is 0 Å². The van der Waals surface area contributed by atoms with Gasteiger partial charge in [0.25, 0.3) is 0 Å². The van der Waals surface area contributed by atoms with Gasteiger partial charge in [-0.3, -0.25) is 0 Å². The SMILES string of the molecule is FC1=C2CCCC2SC1(F)F. The van der Waals surface area contributed by atoms with Gasteiger partial charge in [0.15, 0.2) is 5.83 Å². The van der Waals surface area contributed by atoms with Gasteiger partial charge in [-0.15, -0.1) is 0 Å². The van der Waals surface area contributed by atoms with Crippen LogP contribution in [-0.2, 0) is 0 Å². The Kier molecular flexibility index (Phi) is 1.50. The minimum absolute atomic E-state index is 0.231. The topological polar surface area (TPSA) is 0 Å². The Morgan fingerprint density at radius 1 is 1.45 bits per heavy atom. The van der Waals surface area contributed by atoms with Gasteiger partial charge >= 0.3 is 5.25 Å². The fourth-order valence-electron chi connectivity index (χ4n) is 1.61. The first-order valence-corrected chi connectivity index (χ1v) is 4.44. The molecule has 0 N–H and O–H groups in total. The Morgan fingerprint density at radius 2 is 2.18 bits per heavy atom. The molecule has 0 amide bonds. The average molecular weight is 180 g/mol. The van der Waals surface area contributed by atoms with Crippen molar-refractivity contribution in [3.05, 3.63) is 11.4 Å². The monoisotopic (exact) mass is 180 g/mol. The van der Waals surface area contributed by atoms with Crippen LogP contribution >= 0.6 is 11.8 Å². The van der Waals surface area contributed by atoms with E-state index in [4.69, 9.17) is 0 Å². The minimum Gasteiger partial charge on any atom is -0.204 e. The van der Waals surface area contributed by atoms with Crippen LogP contribution in [0.25, 0.3) is 0 Å². The maximum Gasteiger partial charge on any atom is 0.345 e. The molecule has 62 valence electrons. The second-order valence-electron chi connectivity index (χ2n) is 2.85. The van der Waals surface area contributed by atoms with Gasteiger partial charge in [-0.1, -0.05) is 11.8 Å². The smallest absolute Gasteiger partial charge is 0.204 e. The lowest BCUT2D eigenvalue weighted by Crippen LogP contribution is -2.07. The van der Waals surface area contributed by atoms with Crippen molar-refractivity contribution in [3.8, 4) is 0 Å². The Bertz CT molecular complexity index is 222. The van der Waals surface area contributed by atoms with Gasteiger partial charge in [0.05, 0.1) is 0 Å². The van der Waals surface area contributed by atoms with E-state index in [-0.39, 0.29) is 5.25 Å². The third-order valence-corrected chi connectivity index (χ3v) is 3.41. The molecule has 2 rings (SSSR count). The molecule has 1 atom stereocenters. The number of hydrogen-bond donors (Lipinski definition) is 0. The van der Waals surface area contributed by atoms with E-state index in [0.29, 0.717) is 30.2 Å². The van der Waals surface area contributed by atoms with Crippen LogP contribution in [0.2, 0.25) is 0 Å². The number of hydrogen-bond acceptors (Lipinski definition) is 1. The zero-order chi connectivity index (χ0) is 8.06. The molecule has 0 saturated heterocycles. The zero-order valence-electron chi connectivity index (χ0n) is 5.74. The molecule has 1 heterocycles. The highest BCUT2D eigenvalue weighted by Gasteiger charge is 2.50. The summed E-state index contributed by atoms with van der Waals surface area (Å²) in [6, 6.07) is 0. The average Bonchev–Trinajstić information content (AvgIpc) is 2.39. The third kappa shape index (κ3) is 0.991. The van der Waals surface area contributed by atoms with Crippen molar-refractivity contribution in [2.45, 2.75) is 29.8 Å². The number of rotatable bonds is 0. The van der Waals surface area contributed by atoms with E-state index in [0.717, 1.165) is 6.42 Å². The van der Waals surface area contributed by atoms with Crippen LogP contribution < -0.4 is 0 Å². The second kappa shape index (κ2) is 2.19. The molecule has 0 aromatic heterocycles. The molecule has 0 spiro atoms. The van der Waals surface area contributed by atoms with Crippen molar-refractivity contribution >= 4 is 11.8 Å². The van der Waals surface area contributed by atoms with Crippen LogP contribution in [0.1, 0.15) is 19.3 Å². The number of halogens is 3. The van der Waals surface area contributed by atoms with Crippen LogP contribution in [0.3, 0.4) is 0 Å². The van der Waals surface area contributed by atoms with Gasteiger partial charge in [0.1, 0.15) is 0 Å². The van der Waals surface area contributed by atoms with Crippen molar-refractivity contribution in [2.24, 2.45) is 0 Å². The molecule has 1 saturated carbocycles. The fraction of sp³-hybridized carbons (Fsp3) is 0.714. The van der Waals surface area contributed by atoms with Gasteiger partial charge in [-0.25, -0.2) is 4.39 Å². The van der Waals surface area contributed by atoms with Gasteiger partial charge < -0.3 is 0 Å². The van der Waals surface area contributed by atoms with E-state index >= 15 is 0 Å². The summed E-state index contributed by atoms with van der Waals surface area (Å²) in [6.07, 6.45) is 2.10. The highest BCUT2D eigenvalue weighted by molar-refractivity contribution is 8.01. The highest BCUT2D eigenvalue weighted by atomic mass is 32.2. The molecule has 0 nitrogen and oxygen atoms in total. The van der Waals surface area contributed by atoms with Gasteiger partial charge in [-0.05, 0) is 24.8 Å². The van der Waals surface area contributed by atoms with Gasteiger partial charge in [0.2, 0.25) is 0 Å². The van der Waals surface area contributed by atoms with Crippen molar-refractivity contribution in [1.82, 2.24) is 0 Å². The van der Waals surface area contributed by atoms with Crippen molar-refractivity contribution < 1.29 is 13.2 Å². The molecule has 0 aromatic rings. The maximum atomic E-state index is 12.8. The van der Waals surface area contributed by atoms with Gasteiger partial charge in [-0.2, -0.15) is 8.78 Å². The molecule has 1 aliphatic carbocycles. The van der Waals surface area contributed by atoms with E-state index in [1.165, 1.54) is 0 Å². The van der Waals surface area contributed by atoms with Crippen molar-refractivity contribution in [3.63, 3.8) is 0 Å². The molecule has 0 bridgehead atoms. The van der Waals surface area contributed by atoms with Crippen LogP contribution in [0.15, 0.2) is 11.4 Å². The lowest BCUT2D eigenvalue weighted by atomic mass is 10.2. The Labute approximate surface area is 66.8 Å². The van der Waals surface area contributed by atoms with Crippen LogP contribution in [0.4, 0.5) is 13.2 Å². The summed E-state index contributed by atoms with van der Waals surface area (Å²) in [4.78, 5) is 0. The molecule has 2 aliphatic rings. The maximum absolute atomic E-state index is 12.8. The standard InChI is InChI=1S/C7H7F3S/c8-6-4-2-1-3-5(4)11-7(6,9)10/h5H,1-3H2. The first-order chi connectivity index (χ1) is 5.11. The molecule has 11 heavy (non-hydrogen) atoms. The summed E-state index contributed by atoms with van der Waals surface area (Å²) in [6.45, 7) is 0. The first-order valence-electron chi connectivity index (χ1n) is 3.56. The summed E-state index contributed by atoms with van der Waals surface area (Å²) in [5, 5.41) is -3.45. The van der Waals surface area contributed by atoms with Crippen LogP contribution in [0, 0.1) is 0 Å². The van der Waals surface area contributed by atoms with E-state index in [9.17, 15) is 13.2 Å². The summed E-state index contributed by atoms with van der Waals surface area (Å²) in [5.41, 5.74) is 0.361. The molecule has 1 fully saturated rings. The summed E-state index contributed by atoms with van der Waals surface area (Å²) >= 11 is 0.464. The number of thioether (sulfide) groups is 1. The minimum atomic E-state index is -3.22. The summed E-state index contributed by atoms with van der Waals surface area (Å²) in [7, 11) is 0. The highest BCUT2D eigenvalue weighted by Crippen LogP contribution is 2.55. The summed E-state index contributed by atoms with van der Waals surface area (Å²) in [5.74, 6) is -1.16. The number of fused-ring (bicyclic) bond motifs is 1. The van der Waals surface area contributed by atoms with Crippen molar-refractivity contribution in [1.29, 1.82) is 0 Å².